The van der Waals surface area contributed by atoms with Gasteiger partial charge in [0.1, 0.15) is 0 Å². The monoisotopic (exact) mass is 346 g/mol. The van der Waals surface area contributed by atoms with E-state index in [2.05, 4.69) is 21.2 Å². The van der Waals surface area contributed by atoms with Gasteiger partial charge < -0.3 is 9.73 Å². The molecule has 0 spiro atoms. The van der Waals surface area contributed by atoms with Crippen LogP contribution in [0.5, 0.6) is 0 Å². The molecular formula is C15H11BrN2O3. The largest absolute Gasteiger partial charge is 0.446 e. The number of ketones is 1. The van der Waals surface area contributed by atoms with Crippen LogP contribution in [-0.4, -0.2) is 11.7 Å². The molecule has 0 aliphatic rings. The molecule has 1 aromatic carbocycles. The summed E-state index contributed by atoms with van der Waals surface area (Å²) in [4.78, 5) is 24.0. The Morgan fingerprint density at radius 2 is 1.95 bits per heavy atom. The van der Waals surface area contributed by atoms with E-state index in [1.807, 2.05) is 30.3 Å². The molecule has 1 atom stereocenters. The zero-order valence-corrected chi connectivity index (χ0v) is 12.5. The highest BCUT2D eigenvalue weighted by atomic mass is 79.9. The number of halogens is 1. The van der Waals surface area contributed by atoms with Crippen molar-refractivity contribution in [3.8, 4) is 6.07 Å². The predicted octanol–water partition coefficient (Wildman–Crippen LogP) is 2.68. The fraction of sp³-hybridized carbons (Fsp3) is 0.133. The number of hydrogen-bond acceptors (Lipinski definition) is 4. The van der Waals surface area contributed by atoms with E-state index in [9.17, 15) is 9.59 Å². The second-order valence-electron chi connectivity index (χ2n) is 4.23. The minimum atomic E-state index is -1.42. The van der Waals surface area contributed by atoms with Crippen LogP contribution in [0.3, 0.4) is 0 Å². The minimum Gasteiger partial charge on any atom is -0.446 e. The van der Waals surface area contributed by atoms with Crippen LogP contribution in [0.1, 0.15) is 16.1 Å². The van der Waals surface area contributed by atoms with Gasteiger partial charge in [-0.15, -0.1) is 0 Å². The van der Waals surface area contributed by atoms with Gasteiger partial charge in [0.25, 0.3) is 0 Å². The molecule has 2 rings (SSSR count). The maximum Gasteiger partial charge on any atom is 0.245 e. The van der Waals surface area contributed by atoms with Crippen molar-refractivity contribution in [2.75, 3.05) is 0 Å². The third kappa shape index (κ3) is 3.80. The molecule has 0 saturated heterocycles. The molecular weight excluding hydrogens is 336 g/mol. The average Bonchev–Trinajstić information content (AvgIpc) is 2.93. The Hall–Kier alpha value is -2.39. The first-order valence-corrected chi connectivity index (χ1v) is 6.92. The highest BCUT2D eigenvalue weighted by Gasteiger charge is 2.29. The van der Waals surface area contributed by atoms with E-state index in [-0.39, 0.29) is 12.3 Å². The van der Waals surface area contributed by atoms with Crippen molar-refractivity contribution >= 4 is 27.6 Å². The van der Waals surface area contributed by atoms with Gasteiger partial charge in [-0.25, -0.2) is 0 Å². The summed E-state index contributed by atoms with van der Waals surface area (Å²) in [5.74, 6) is -2.75. The Bertz CT molecular complexity index is 688. The molecule has 1 N–H and O–H groups in total. The topological polar surface area (TPSA) is 83.1 Å². The molecule has 1 unspecified atom stereocenters. The fourth-order valence-electron chi connectivity index (χ4n) is 1.71. The molecule has 0 bridgehead atoms. The molecule has 1 aromatic heterocycles. The first-order chi connectivity index (χ1) is 10.1. The van der Waals surface area contributed by atoms with Crippen LogP contribution < -0.4 is 5.32 Å². The number of carbonyl (C=O) groups excluding carboxylic acids is 2. The number of furan rings is 1. The van der Waals surface area contributed by atoms with Gasteiger partial charge in [0.15, 0.2) is 16.3 Å². The van der Waals surface area contributed by atoms with Crippen LogP contribution in [0.25, 0.3) is 0 Å². The summed E-state index contributed by atoms with van der Waals surface area (Å²) in [7, 11) is 0. The molecule has 1 amide bonds. The van der Waals surface area contributed by atoms with Crippen molar-refractivity contribution in [3.05, 3.63) is 58.5 Å². The van der Waals surface area contributed by atoms with E-state index in [1.54, 1.807) is 6.07 Å². The maximum absolute atomic E-state index is 12.0. The first kappa shape index (κ1) is 15.0. The number of Topliss-reactive ketones (excluding diaryl/α,β-unsaturated/α-hetero) is 1. The van der Waals surface area contributed by atoms with Gasteiger partial charge in [0.2, 0.25) is 11.7 Å². The van der Waals surface area contributed by atoms with E-state index in [0.717, 1.165) is 5.56 Å². The zero-order valence-electron chi connectivity index (χ0n) is 10.9. The van der Waals surface area contributed by atoms with Crippen molar-refractivity contribution in [1.82, 2.24) is 5.32 Å². The smallest absolute Gasteiger partial charge is 0.245 e. The third-order valence-corrected chi connectivity index (χ3v) is 3.21. The molecule has 2 aromatic rings. The summed E-state index contributed by atoms with van der Waals surface area (Å²) < 4.78 is 5.44. The summed E-state index contributed by atoms with van der Waals surface area (Å²) in [5, 5.41) is 11.6. The summed E-state index contributed by atoms with van der Waals surface area (Å²) in [6.07, 6.45) is 0. The van der Waals surface area contributed by atoms with Crippen molar-refractivity contribution in [2.24, 2.45) is 5.92 Å². The molecule has 21 heavy (non-hydrogen) atoms. The number of carbonyl (C=O) groups is 2. The molecule has 6 heteroatoms. The lowest BCUT2D eigenvalue weighted by atomic mass is 10.0. The number of nitriles is 1. The minimum absolute atomic E-state index is 0.0247. The van der Waals surface area contributed by atoms with Crippen molar-refractivity contribution in [3.63, 3.8) is 0 Å². The van der Waals surface area contributed by atoms with Crippen molar-refractivity contribution in [2.45, 2.75) is 6.54 Å². The van der Waals surface area contributed by atoms with Crippen molar-refractivity contribution < 1.29 is 14.0 Å². The Kier molecular flexibility index (Phi) is 4.90. The fourth-order valence-corrected chi connectivity index (χ4v) is 2.02. The molecule has 0 aliphatic heterocycles. The molecule has 0 radical (unpaired) electrons. The van der Waals surface area contributed by atoms with Gasteiger partial charge in [-0.3, -0.25) is 9.59 Å². The van der Waals surface area contributed by atoms with E-state index in [1.165, 1.54) is 12.1 Å². The lowest BCUT2D eigenvalue weighted by Crippen LogP contribution is -2.34. The van der Waals surface area contributed by atoms with Gasteiger partial charge in [-0.1, -0.05) is 30.3 Å². The number of rotatable bonds is 5. The van der Waals surface area contributed by atoms with Crippen molar-refractivity contribution in [1.29, 1.82) is 5.26 Å². The highest BCUT2D eigenvalue weighted by Crippen LogP contribution is 2.17. The summed E-state index contributed by atoms with van der Waals surface area (Å²) in [6.45, 7) is 0.257. The van der Waals surface area contributed by atoms with Crippen LogP contribution in [0, 0.1) is 17.2 Å². The quantitative estimate of drug-likeness (QED) is 0.666. The lowest BCUT2D eigenvalue weighted by molar-refractivity contribution is -0.122. The summed E-state index contributed by atoms with van der Waals surface area (Å²) >= 11 is 3.07. The SMILES string of the molecule is N#CC(C(=O)NCc1ccccc1)C(=O)c1ccc(Br)o1. The van der Waals surface area contributed by atoms with E-state index >= 15 is 0 Å². The van der Waals surface area contributed by atoms with Gasteiger partial charge in [-0.2, -0.15) is 5.26 Å². The Labute approximate surface area is 129 Å². The predicted molar refractivity (Wildman–Crippen MR) is 78.1 cm³/mol. The van der Waals surface area contributed by atoms with Crippen LogP contribution in [0.15, 0.2) is 51.6 Å². The second kappa shape index (κ2) is 6.86. The van der Waals surface area contributed by atoms with E-state index < -0.39 is 17.6 Å². The molecule has 0 fully saturated rings. The lowest BCUT2D eigenvalue weighted by Gasteiger charge is -2.08. The van der Waals surface area contributed by atoms with Gasteiger partial charge in [0, 0.05) is 6.54 Å². The third-order valence-electron chi connectivity index (χ3n) is 2.78. The van der Waals surface area contributed by atoms with Gasteiger partial charge in [0.05, 0.1) is 6.07 Å². The number of nitrogens with zero attached hydrogens (tertiary/aromatic N) is 1. The maximum atomic E-state index is 12.0. The number of benzene rings is 1. The molecule has 106 valence electrons. The van der Waals surface area contributed by atoms with Crippen LogP contribution in [0.4, 0.5) is 0 Å². The normalized spacial score (nSPS) is 11.4. The van der Waals surface area contributed by atoms with Gasteiger partial charge >= 0.3 is 0 Å². The summed E-state index contributed by atoms with van der Waals surface area (Å²) in [6, 6.07) is 13.9. The van der Waals surface area contributed by atoms with Crippen LogP contribution in [0.2, 0.25) is 0 Å². The number of amides is 1. The molecule has 0 saturated carbocycles. The summed E-state index contributed by atoms with van der Waals surface area (Å²) in [5.41, 5.74) is 0.885. The molecule has 1 heterocycles. The molecule has 5 nitrogen and oxygen atoms in total. The zero-order chi connectivity index (χ0) is 15.2. The Balaban J connectivity index is 2.02. The van der Waals surface area contributed by atoms with Crippen LogP contribution >= 0.6 is 15.9 Å². The second-order valence-corrected chi connectivity index (χ2v) is 5.02. The Morgan fingerprint density at radius 3 is 2.52 bits per heavy atom. The van der Waals surface area contributed by atoms with Gasteiger partial charge in [-0.05, 0) is 33.6 Å². The standard InChI is InChI=1S/C15H11BrN2O3/c16-13-7-6-12(21-13)14(19)11(8-17)15(20)18-9-10-4-2-1-3-5-10/h1-7,11H,9H2,(H,18,20). The molecule has 0 aliphatic carbocycles. The van der Waals surface area contributed by atoms with Crippen LogP contribution in [-0.2, 0) is 11.3 Å². The average molecular weight is 347 g/mol. The highest BCUT2D eigenvalue weighted by molar-refractivity contribution is 9.10. The first-order valence-electron chi connectivity index (χ1n) is 6.12. The van der Waals surface area contributed by atoms with E-state index in [4.69, 9.17) is 9.68 Å². The Morgan fingerprint density at radius 1 is 1.24 bits per heavy atom. The number of nitrogens with one attached hydrogen (secondary N) is 1. The van der Waals surface area contributed by atoms with E-state index in [0.29, 0.717) is 4.67 Å². The number of hydrogen-bond donors (Lipinski definition) is 1.